The number of aromatic amines is 1. The Morgan fingerprint density at radius 1 is 1.23 bits per heavy atom. The van der Waals surface area contributed by atoms with Gasteiger partial charge in [-0.1, -0.05) is 0 Å². The Hall–Kier alpha value is -1.77. The van der Waals surface area contributed by atoms with Crippen molar-refractivity contribution >= 4 is 38.0 Å². The van der Waals surface area contributed by atoms with Crippen LogP contribution in [0, 0.1) is 13.8 Å². The summed E-state index contributed by atoms with van der Waals surface area (Å²) in [7, 11) is 0. The molecule has 8 heteroatoms. The number of nitrogens with zero attached hydrogens (tertiary/aromatic N) is 4. The van der Waals surface area contributed by atoms with Gasteiger partial charge in [-0.25, -0.2) is 9.97 Å². The second-order valence-electron chi connectivity index (χ2n) is 6.78. The van der Waals surface area contributed by atoms with Crippen molar-refractivity contribution in [3.63, 3.8) is 0 Å². The van der Waals surface area contributed by atoms with Gasteiger partial charge < -0.3 is 9.88 Å². The number of nitrogens with one attached hydrogen (secondary N) is 1. The Kier molecular flexibility index (Phi) is 4.81. The molecule has 0 spiro atoms. The summed E-state index contributed by atoms with van der Waals surface area (Å²) in [5, 5.41) is 3.86. The summed E-state index contributed by atoms with van der Waals surface area (Å²) in [6.07, 6.45) is 2.94. The quantitative estimate of drug-likeness (QED) is 0.744. The van der Waals surface area contributed by atoms with Gasteiger partial charge in [0.2, 0.25) is 0 Å². The molecule has 1 saturated heterocycles. The van der Waals surface area contributed by atoms with Gasteiger partial charge in [0.15, 0.2) is 5.13 Å². The fraction of sp³-hybridized carbons (Fsp3) is 0.500. The summed E-state index contributed by atoms with van der Waals surface area (Å²) in [5.74, 6) is 0.770. The van der Waals surface area contributed by atoms with E-state index in [0.717, 1.165) is 64.2 Å². The Morgan fingerprint density at radius 3 is 2.85 bits per heavy atom. The average molecular weight is 390 g/mol. The summed E-state index contributed by atoms with van der Waals surface area (Å²) >= 11 is 3.30. The lowest BCUT2D eigenvalue weighted by atomic mass is 10.2. The average Bonchev–Trinajstić information content (AvgIpc) is 3.16. The maximum absolute atomic E-state index is 12.6. The number of hydrogen-bond donors (Lipinski definition) is 1. The molecule has 0 bridgehead atoms. The second kappa shape index (κ2) is 7.09. The molecule has 6 nitrogen and oxygen atoms in total. The van der Waals surface area contributed by atoms with Gasteiger partial charge in [-0.3, -0.25) is 9.69 Å². The van der Waals surface area contributed by atoms with Gasteiger partial charge in [-0.15, -0.1) is 22.7 Å². The number of aromatic nitrogens is 3. The summed E-state index contributed by atoms with van der Waals surface area (Å²) in [5.41, 5.74) is 1.03. The summed E-state index contributed by atoms with van der Waals surface area (Å²) in [6, 6.07) is 0.0889. The number of hydrogen-bond acceptors (Lipinski definition) is 7. The zero-order valence-electron chi connectivity index (χ0n) is 15.3. The van der Waals surface area contributed by atoms with Gasteiger partial charge >= 0.3 is 0 Å². The highest BCUT2D eigenvalue weighted by Gasteiger charge is 2.24. The van der Waals surface area contributed by atoms with Gasteiger partial charge in [0.05, 0.1) is 11.4 Å². The van der Waals surface area contributed by atoms with Crippen molar-refractivity contribution in [1.29, 1.82) is 0 Å². The number of rotatable bonds is 3. The van der Waals surface area contributed by atoms with Crippen LogP contribution in [-0.2, 0) is 0 Å². The molecule has 0 aromatic carbocycles. The largest absolute Gasteiger partial charge is 0.347 e. The van der Waals surface area contributed by atoms with Crippen LogP contribution >= 0.6 is 22.7 Å². The van der Waals surface area contributed by atoms with Crippen LogP contribution in [0.1, 0.15) is 35.7 Å². The second-order valence-corrected chi connectivity index (χ2v) is 8.86. The Labute approximate surface area is 160 Å². The van der Waals surface area contributed by atoms with E-state index >= 15 is 0 Å². The first-order valence-electron chi connectivity index (χ1n) is 8.93. The molecule has 3 aromatic heterocycles. The van der Waals surface area contributed by atoms with Crippen molar-refractivity contribution in [2.45, 2.75) is 33.2 Å². The van der Waals surface area contributed by atoms with E-state index < -0.39 is 0 Å². The Morgan fingerprint density at radius 2 is 2.08 bits per heavy atom. The van der Waals surface area contributed by atoms with Crippen molar-refractivity contribution in [2.24, 2.45) is 0 Å². The van der Waals surface area contributed by atoms with E-state index in [1.807, 2.05) is 25.4 Å². The van der Waals surface area contributed by atoms with Gasteiger partial charge in [-0.05, 0) is 32.8 Å². The van der Waals surface area contributed by atoms with E-state index in [1.165, 1.54) is 0 Å². The monoisotopic (exact) mass is 389 g/mol. The molecular formula is C18H23N5OS2. The smallest absolute Gasteiger partial charge is 0.259 e. The molecule has 4 heterocycles. The van der Waals surface area contributed by atoms with Crippen molar-refractivity contribution < 1.29 is 0 Å². The molecule has 0 saturated carbocycles. The van der Waals surface area contributed by atoms with Crippen molar-refractivity contribution in [2.75, 3.05) is 31.1 Å². The van der Waals surface area contributed by atoms with E-state index in [1.54, 1.807) is 22.7 Å². The minimum atomic E-state index is -0.0158. The topological polar surface area (TPSA) is 65.1 Å². The lowest BCUT2D eigenvalue weighted by Crippen LogP contribution is -2.34. The van der Waals surface area contributed by atoms with Crippen LogP contribution in [0.4, 0.5) is 5.13 Å². The molecule has 1 atom stereocenters. The van der Waals surface area contributed by atoms with Crippen LogP contribution in [-0.4, -0.2) is 46.0 Å². The van der Waals surface area contributed by atoms with Gasteiger partial charge in [0.25, 0.3) is 5.56 Å². The maximum Gasteiger partial charge on any atom is 0.259 e. The molecule has 138 valence electrons. The highest BCUT2D eigenvalue weighted by atomic mass is 32.1. The summed E-state index contributed by atoms with van der Waals surface area (Å²) < 4.78 is 0. The molecule has 0 radical (unpaired) electrons. The van der Waals surface area contributed by atoms with Crippen LogP contribution in [0.25, 0.3) is 10.2 Å². The van der Waals surface area contributed by atoms with E-state index in [4.69, 9.17) is 4.98 Å². The fourth-order valence-corrected chi connectivity index (χ4v) is 5.26. The molecule has 1 unspecified atom stereocenters. The third kappa shape index (κ3) is 3.17. The highest BCUT2D eigenvalue weighted by Crippen LogP contribution is 2.28. The molecule has 4 rings (SSSR count). The zero-order chi connectivity index (χ0) is 18.3. The van der Waals surface area contributed by atoms with Crippen LogP contribution in [0.15, 0.2) is 16.4 Å². The Bertz CT molecular complexity index is 962. The minimum Gasteiger partial charge on any atom is -0.347 e. The lowest BCUT2D eigenvalue weighted by molar-refractivity contribution is 0.218. The zero-order valence-corrected chi connectivity index (χ0v) is 16.9. The lowest BCUT2D eigenvalue weighted by Gasteiger charge is -2.27. The first-order valence-corrected chi connectivity index (χ1v) is 10.6. The molecule has 1 N–H and O–H groups in total. The number of anilines is 1. The molecule has 0 amide bonds. The number of thiophene rings is 1. The SMILES string of the molecule is Cc1sc2nc(C(C)N3CCCN(c4nccs4)CC3)[nH]c(=O)c2c1C. The third-order valence-electron chi connectivity index (χ3n) is 5.22. The van der Waals surface area contributed by atoms with E-state index in [2.05, 4.69) is 26.7 Å². The first-order chi connectivity index (χ1) is 12.5. The standard InChI is InChI=1S/C18H23N5OS2/c1-11-13(3)26-17-14(11)16(24)20-15(21-17)12(2)22-6-4-7-23(9-8-22)18-19-5-10-25-18/h5,10,12H,4,6-9H2,1-3H3,(H,20,21,24). The summed E-state index contributed by atoms with van der Waals surface area (Å²) in [6.45, 7) is 10.1. The van der Waals surface area contributed by atoms with Gasteiger partial charge in [0.1, 0.15) is 10.7 Å². The first kappa shape index (κ1) is 17.6. The van der Waals surface area contributed by atoms with E-state index in [-0.39, 0.29) is 11.6 Å². The predicted molar refractivity (Wildman–Crippen MR) is 109 cm³/mol. The molecule has 26 heavy (non-hydrogen) atoms. The van der Waals surface area contributed by atoms with E-state index in [9.17, 15) is 4.79 Å². The maximum atomic E-state index is 12.6. The number of aryl methyl sites for hydroxylation is 2. The molecule has 3 aromatic rings. The van der Waals surface area contributed by atoms with Crippen LogP contribution in [0.2, 0.25) is 0 Å². The molecule has 0 aliphatic carbocycles. The van der Waals surface area contributed by atoms with Crippen LogP contribution in [0.5, 0.6) is 0 Å². The third-order valence-corrected chi connectivity index (χ3v) is 7.15. The van der Waals surface area contributed by atoms with Gasteiger partial charge in [-0.2, -0.15) is 0 Å². The number of fused-ring (bicyclic) bond motifs is 1. The van der Waals surface area contributed by atoms with Crippen molar-refractivity contribution in [1.82, 2.24) is 19.9 Å². The van der Waals surface area contributed by atoms with E-state index in [0.29, 0.717) is 0 Å². The fourth-order valence-electron chi connectivity index (χ4n) is 3.53. The molecular weight excluding hydrogens is 366 g/mol. The predicted octanol–water partition coefficient (Wildman–Crippen LogP) is 3.33. The van der Waals surface area contributed by atoms with Crippen LogP contribution < -0.4 is 10.5 Å². The van der Waals surface area contributed by atoms with Gasteiger partial charge in [0, 0.05) is 42.6 Å². The minimum absolute atomic E-state index is 0.0158. The van der Waals surface area contributed by atoms with Crippen molar-refractivity contribution in [3.05, 3.63) is 38.2 Å². The van der Waals surface area contributed by atoms with Crippen molar-refractivity contribution in [3.8, 4) is 0 Å². The molecule has 1 aliphatic heterocycles. The number of H-pyrrole nitrogens is 1. The summed E-state index contributed by atoms with van der Waals surface area (Å²) in [4.78, 5) is 31.6. The normalized spacial score (nSPS) is 17.6. The molecule has 1 aliphatic rings. The highest BCUT2D eigenvalue weighted by molar-refractivity contribution is 7.18. The Balaban J connectivity index is 1.56. The van der Waals surface area contributed by atoms with Crippen LogP contribution in [0.3, 0.4) is 0 Å². The molecule has 1 fully saturated rings. The number of thiazole rings is 1.